The van der Waals surface area contributed by atoms with E-state index in [1.54, 1.807) is 12.1 Å². The number of nitrogens with one attached hydrogen (secondary N) is 2. The molecule has 4 N–H and O–H groups in total. The van der Waals surface area contributed by atoms with Gasteiger partial charge >= 0.3 is 0 Å². The van der Waals surface area contributed by atoms with Gasteiger partial charge in [-0.1, -0.05) is 18.3 Å². The van der Waals surface area contributed by atoms with Crippen molar-refractivity contribution >= 4 is 59.9 Å². The fourth-order valence-electron chi connectivity index (χ4n) is 2.56. The van der Waals surface area contributed by atoms with Crippen LogP contribution in [0.1, 0.15) is 0 Å². The molecule has 1 aliphatic heterocycles. The number of benzene rings is 2. The van der Waals surface area contributed by atoms with Crippen LogP contribution >= 0.6 is 24.2 Å². The van der Waals surface area contributed by atoms with E-state index in [2.05, 4.69) is 14.3 Å². The lowest BCUT2D eigenvalue weighted by Crippen LogP contribution is -2.32. The highest BCUT2D eigenvalue weighted by atomic mass is 32.2. The average Bonchev–Trinajstić information content (AvgIpc) is 2.68. The van der Waals surface area contributed by atoms with Gasteiger partial charge in [-0.15, -0.1) is 0 Å². The Hall–Kier alpha value is -1.74. The Balaban J connectivity index is 1.65. The zero-order valence-corrected chi connectivity index (χ0v) is 18.9. The van der Waals surface area contributed by atoms with E-state index >= 15 is 0 Å². The second-order valence-corrected chi connectivity index (χ2v) is 11.3. The van der Waals surface area contributed by atoms with Crippen LogP contribution in [0.15, 0.2) is 58.3 Å². The summed E-state index contributed by atoms with van der Waals surface area (Å²) >= 11 is 6.75. The van der Waals surface area contributed by atoms with Crippen molar-refractivity contribution in [1.29, 1.82) is 0 Å². The number of hydrogen-bond donors (Lipinski definition) is 3. The number of rotatable bonds is 6. The van der Waals surface area contributed by atoms with E-state index in [0.29, 0.717) is 23.2 Å². The molecule has 0 unspecified atom stereocenters. The Bertz CT molecular complexity index is 1120. The maximum atomic E-state index is 12.6. The second kappa shape index (κ2) is 9.60. The number of sulfonamides is 2. The standard InChI is InChI=1S/C17H20N4O5S4/c18-29(22,23)16-3-1-2-14(12-16)20-30(24,25)15-6-4-13(5-7-15)19-17(27)28-21-8-10-26-11-9-21/h1-7,12,20H,8-11H2,(H,19,27)(H2,18,22,23). The van der Waals surface area contributed by atoms with Gasteiger partial charge in [-0.3, -0.25) is 4.72 Å². The van der Waals surface area contributed by atoms with Crippen LogP contribution in [0.25, 0.3) is 0 Å². The quantitative estimate of drug-likeness (QED) is 0.411. The summed E-state index contributed by atoms with van der Waals surface area (Å²) in [6, 6.07) is 11.3. The third kappa shape index (κ3) is 6.38. The van der Waals surface area contributed by atoms with Gasteiger partial charge in [0.2, 0.25) is 10.0 Å². The van der Waals surface area contributed by atoms with Crippen LogP contribution in [-0.4, -0.2) is 51.8 Å². The van der Waals surface area contributed by atoms with Gasteiger partial charge in [0.15, 0.2) is 4.32 Å². The van der Waals surface area contributed by atoms with Crippen molar-refractivity contribution in [3.8, 4) is 0 Å². The molecule has 162 valence electrons. The summed E-state index contributed by atoms with van der Waals surface area (Å²) in [6.45, 7) is 2.88. The van der Waals surface area contributed by atoms with Crippen molar-refractivity contribution in [2.75, 3.05) is 36.3 Å². The third-order valence-electron chi connectivity index (χ3n) is 4.01. The van der Waals surface area contributed by atoms with Crippen molar-refractivity contribution in [3.63, 3.8) is 0 Å². The average molecular weight is 489 g/mol. The predicted octanol–water partition coefficient (Wildman–Crippen LogP) is 1.81. The van der Waals surface area contributed by atoms with Gasteiger partial charge < -0.3 is 10.1 Å². The van der Waals surface area contributed by atoms with Crippen LogP contribution in [0.3, 0.4) is 0 Å². The lowest BCUT2D eigenvalue weighted by molar-refractivity contribution is 0.0778. The first kappa shape index (κ1) is 22.9. The molecule has 0 spiro atoms. The van der Waals surface area contributed by atoms with Crippen LogP contribution < -0.4 is 15.2 Å². The molecule has 0 aliphatic carbocycles. The summed E-state index contributed by atoms with van der Waals surface area (Å²) in [5, 5.41) is 8.14. The first-order chi connectivity index (χ1) is 14.1. The molecule has 2 aromatic carbocycles. The van der Waals surface area contributed by atoms with E-state index in [1.807, 2.05) is 0 Å². The molecule has 0 bridgehead atoms. The van der Waals surface area contributed by atoms with Gasteiger partial charge in [-0.2, -0.15) is 0 Å². The second-order valence-electron chi connectivity index (χ2n) is 6.25. The summed E-state index contributed by atoms with van der Waals surface area (Å²) < 4.78 is 58.4. The number of hydrogen-bond acceptors (Lipinski definition) is 8. The number of anilines is 2. The zero-order chi connectivity index (χ0) is 21.8. The highest BCUT2D eigenvalue weighted by Gasteiger charge is 2.17. The molecule has 30 heavy (non-hydrogen) atoms. The van der Waals surface area contributed by atoms with Crippen molar-refractivity contribution in [2.45, 2.75) is 9.79 Å². The Kier molecular flexibility index (Phi) is 7.34. The lowest BCUT2D eigenvalue weighted by atomic mass is 10.3. The Morgan fingerprint density at radius 1 is 1.00 bits per heavy atom. The molecular formula is C17H20N4O5S4. The molecule has 3 rings (SSSR count). The maximum absolute atomic E-state index is 12.6. The first-order valence-corrected chi connectivity index (χ1v) is 12.9. The van der Waals surface area contributed by atoms with Gasteiger partial charge in [0.1, 0.15) is 0 Å². The van der Waals surface area contributed by atoms with Crippen molar-refractivity contribution in [1.82, 2.24) is 4.31 Å². The van der Waals surface area contributed by atoms with Gasteiger partial charge in [0.05, 0.1) is 28.7 Å². The number of primary sulfonamides is 1. The number of nitrogens with two attached hydrogens (primary N) is 1. The van der Waals surface area contributed by atoms with Crippen molar-refractivity contribution < 1.29 is 21.6 Å². The smallest absolute Gasteiger partial charge is 0.261 e. The molecule has 1 aliphatic rings. The Labute approximate surface area is 185 Å². The van der Waals surface area contributed by atoms with E-state index in [4.69, 9.17) is 22.1 Å². The predicted molar refractivity (Wildman–Crippen MR) is 121 cm³/mol. The van der Waals surface area contributed by atoms with Gasteiger partial charge in [-0.05, 0) is 54.4 Å². The molecule has 0 saturated carbocycles. The van der Waals surface area contributed by atoms with E-state index in [1.165, 1.54) is 42.3 Å². The van der Waals surface area contributed by atoms with Crippen LogP contribution in [0.2, 0.25) is 0 Å². The Morgan fingerprint density at radius 3 is 2.30 bits per heavy atom. The zero-order valence-electron chi connectivity index (χ0n) is 15.6. The molecule has 1 saturated heterocycles. The highest BCUT2D eigenvalue weighted by Crippen LogP contribution is 2.22. The first-order valence-electron chi connectivity index (χ1n) is 8.71. The monoisotopic (exact) mass is 488 g/mol. The SMILES string of the molecule is NS(=O)(=O)c1cccc(NS(=O)(=O)c2ccc(NC(=S)SN3CCOCC3)cc2)c1. The number of ether oxygens (including phenoxy) is 1. The summed E-state index contributed by atoms with van der Waals surface area (Å²) in [6.07, 6.45) is 0. The summed E-state index contributed by atoms with van der Waals surface area (Å²) in [5.74, 6) is 0. The van der Waals surface area contributed by atoms with Crippen LogP contribution in [0.4, 0.5) is 11.4 Å². The van der Waals surface area contributed by atoms with Crippen LogP contribution in [-0.2, 0) is 24.8 Å². The molecule has 2 aromatic rings. The third-order valence-corrected chi connectivity index (χ3v) is 7.53. The fraction of sp³-hybridized carbons (Fsp3) is 0.235. The fourth-order valence-corrected chi connectivity index (χ4v) is 5.34. The molecule has 0 aromatic heterocycles. The van der Waals surface area contributed by atoms with Crippen LogP contribution in [0, 0.1) is 0 Å². The van der Waals surface area contributed by atoms with E-state index in [0.717, 1.165) is 19.2 Å². The molecular weight excluding hydrogens is 468 g/mol. The normalized spacial score (nSPS) is 15.5. The maximum Gasteiger partial charge on any atom is 0.261 e. The van der Waals surface area contributed by atoms with Crippen molar-refractivity contribution in [3.05, 3.63) is 48.5 Å². The molecule has 9 nitrogen and oxygen atoms in total. The summed E-state index contributed by atoms with van der Waals surface area (Å²) in [4.78, 5) is -0.172. The number of nitrogens with zero attached hydrogens (tertiary/aromatic N) is 1. The van der Waals surface area contributed by atoms with E-state index in [-0.39, 0.29) is 15.5 Å². The largest absolute Gasteiger partial charge is 0.379 e. The topological polar surface area (TPSA) is 131 Å². The van der Waals surface area contributed by atoms with Gasteiger partial charge in [0, 0.05) is 18.8 Å². The molecule has 13 heteroatoms. The molecule has 0 radical (unpaired) electrons. The minimum Gasteiger partial charge on any atom is -0.379 e. The number of morpholine rings is 1. The Morgan fingerprint density at radius 2 is 1.67 bits per heavy atom. The highest BCUT2D eigenvalue weighted by molar-refractivity contribution is 8.21. The van der Waals surface area contributed by atoms with Crippen molar-refractivity contribution in [2.24, 2.45) is 5.14 Å². The van der Waals surface area contributed by atoms with E-state index < -0.39 is 20.0 Å². The lowest BCUT2D eigenvalue weighted by Gasteiger charge is -2.25. The molecule has 1 fully saturated rings. The minimum atomic E-state index is -3.94. The molecule has 0 atom stereocenters. The number of thiocarbonyl (C=S) groups is 1. The van der Waals surface area contributed by atoms with E-state index in [9.17, 15) is 16.8 Å². The molecule has 1 heterocycles. The van der Waals surface area contributed by atoms with Gasteiger partial charge in [0.25, 0.3) is 10.0 Å². The van der Waals surface area contributed by atoms with Crippen LogP contribution in [0.5, 0.6) is 0 Å². The minimum absolute atomic E-state index is 0.0146. The molecule has 0 amide bonds. The van der Waals surface area contributed by atoms with Gasteiger partial charge in [-0.25, -0.2) is 26.3 Å². The summed E-state index contributed by atoms with van der Waals surface area (Å²) in [5.41, 5.74) is 0.739. The summed E-state index contributed by atoms with van der Waals surface area (Å²) in [7, 11) is -7.86.